The Bertz CT molecular complexity index is 513. The standard InChI is InChI=1S/C13H13N3S/c1-16(8-11-3-2-4-15-7-11)9-13-5-12(6-14)10-17-13/h2-5,7,10H,8-9H2,1H3. The van der Waals surface area contributed by atoms with E-state index in [1.807, 2.05) is 23.7 Å². The number of pyridine rings is 1. The SMILES string of the molecule is CN(Cc1cccnc1)Cc1cc(C#N)cs1. The van der Waals surface area contributed by atoms with E-state index in [2.05, 4.69) is 29.1 Å². The average molecular weight is 243 g/mol. The zero-order chi connectivity index (χ0) is 12.1. The summed E-state index contributed by atoms with van der Waals surface area (Å²) in [6.45, 7) is 1.73. The summed E-state index contributed by atoms with van der Waals surface area (Å²) in [6, 6.07) is 8.12. The Labute approximate surface area is 105 Å². The van der Waals surface area contributed by atoms with Crippen LogP contribution in [0.5, 0.6) is 0 Å². The minimum absolute atomic E-state index is 0.750. The summed E-state index contributed by atoms with van der Waals surface area (Å²) in [4.78, 5) is 7.52. The van der Waals surface area contributed by atoms with Crippen LogP contribution < -0.4 is 0 Å². The highest BCUT2D eigenvalue weighted by atomic mass is 32.1. The molecule has 0 atom stereocenters. The fraction of sp³-hybridized carbons (Fsp3) is 0.231. The Morgan fingerprint density at radius 2 is 2.35 bits per heavy atom. The predicted octanol–water partition coefficient (Wildman–Crippen LogP) is 2.65. The van der Waals surface area contributed by atoms with Gasteiger partial charge in [-0.1, -0.05) is 6.07 Å². The van der Waals surface area contributed by atoms with Gasteiger partial charge < -0.3 is 0 Å². The Balaban J connectivity index is 1.94. The molecule has 0 spiro atoms. The number of nitriles is 1. The molecule has 0 N–H and O–H groups in total. The third-order valence-corrected chi connectivity index (χ3v) is 3.31. The lowest BCUT2D eigenvalue weighted by atomic mass is 10.2. The number of nitrogens with zero attached hydrogens (tertiary/aromatic N) is 3. The Hall–Kier alpha value is -1.70. The zero-order valence-corrected chi connectivity index (χ0v) is 10.4. The van der Waals surface area contributed by atoms with Crippen molar-refractivity contribution in [3.05, 3.63) is 52.0 Å². The van der Waals surface area contributed by atoms with Crippen LogP contribution in [-0.2, 0) is 13.1 Å². The molecule has 2 aromatic rings. The normalized spacial score (nSPS) is 10.4. The molecule has 0 saturated heterocycles. The summed E-state index contributed by atoms with van der Waals surface area (Å²) in [5.74, 6) is 0. The van der Waals surface area contributed by atoms with Crippen LogP contribution in [0.3, 0.4) is 0 Å². The molecule has 4 heteroatoms. The number of hydrogen-bond donors (Lipinski definition) is 0. The van der Waals surface area contributed by atoms with Crippen LogP contribution >= 0.6 is 11.3 Å². The van der Waals surface area contributed by atoms with Crippen molar-refractivity contribution < 1.29 is 0 Å². The van der Waals surface area contributed by atoms with Gasteiger partial charge in [0.05, 0.1) is 5.56 Å². The van der Waals surface area contributed by atoms with Crippen LogP contribution in [0.1, 0.15) is 16.0 Å². The lowest BCUT2D eigenvalue weighted by molar-refractivity contribution is 0.321. The van der Waals surface area contributed by atoms with Gasteiger partial charge in [0.2, 0.25) is 0 Å². The van der Waals surface area contributed by atoms with E-state index in [1.54, 1.807) is 17.5 Å². The van der Waals surface area contributed by atoms with Crippen molar-refractivity contribution in [2.24, 2.45) is 0 Å². The molecule has 0 saturated carbocycles. The van der Waals surface area contributed by atoms with Crippen LogP contribution in [0.25, 0.3) is 0 Å². The summed E-state index contributed by atoms with van der Waals surface area (Å²) in [6.07, 6.45) is 3.66. The third-order valence-electron chi connectivity index (χ3n) is 2.38. The van der Waals surface area contributed by atoms with Gasteiger partial charge in [-0.25, -0.2) is 0 Å². The molecule has 2 rings (SSSR count). The molecule has 0 bridgehead atoms. The van der Waals surface area contributed by atoms with E-state index in [0.29, 0.717) is 0 Å². The lowest BCUT2D eigenvalue weighted by Gasteiger charge is -2.15. The van der Waals surface area contributed by atoms with Gasteiger partial charge in [0.25, 0.3) is 0 Å². The maximum atomic E-state index is 8.76. The molecule has 0 aromatic carbocycles. The second kappa shape index (κ2) is 5.58. The minimum atomic E-state index is 0.750. The van der Waals surface area contributed by atoms with Crippen LogP contribution in [0.4, 0.5) is 0 Å². The summed E-state index contributed by atoms with van der Waals surface area (Å²) in [5.41, 5.74) is 1.95. The van der Waals surface area contributed by atoms with Gasteiger partial charge in [-0.15, -0.1) is 11.3 Å². The molecule has 2 heterocycles. The number of hydrogen-bond acceptors (Lipinski definition) is 4. The topological polar surface area (TPSA) is 39.9 Å². The summed E-state index contributed by atoms with van der Waals surface area (Å²) < 4.78 is 0. The predicted molar refractivity (Wildman–Crippen MR) is 68.4 cm³/mol. The highest BCUT2D eigenvalue weighted by molar-refractivity contribution is 7.10. The van der Waals surface area contributed by atoms with Gasteiger partial charge in [-0.2, -0.15) is 5.26 Å². The fourth-order valence-corrected chi connectivity index (χ4v) is 2.54. The van der Waals surface area contributed by atoms with Gasteiger partial charge >= 0.3 is 0 Å². The second-order valence-electron chi connectivity index (χ2n) is 3.95. The molecule has 0 aliphatic heterocycles. The Morgan fingerprint density at radius 3 is 3.00 bits per heavy atom. The summed E-state index contributed by atoms with van der Waals surface area (Å²) in [7, 11) is 2.07. The van der Waals surface area contributed by atoms with Gasteiger partial charge in [0.15, 0.2) is 0 Å². The smallest absolute Gasteiger partial charge is 0.100 e. The van der Waals surface area contributed by atoms with Crippen LogP contribution in [-0.4, -0.2) is 16.9 Å². The van der Waals surface area contributed by atoms with Crippen molar-refractivity contribution >= 4 is 11.3 Å². The lowest BCUT2D eigenvalue weighted by Crippen LogP contribution is -2.16. The maximum absolute atomic E-state index is 8.76. The molecule has 0 fully saturated rings. The molecular weight excluding hydrogens is 230 g/mol. The minimum Gasteiger partial charge on any atom is -0.297 e. The van der Waals surface area contributed by atoms with E-state index in [1.165, 1.54) is 10.4 Å². The zero-order valence-electron chi connectivity index (χ0n) is 9.63. The van der Waals surface area contributed by atoms with E-state index in [0.717, 1.165) is 18.7 Å². The molecule has 0 aliphatic rings. The van der Waals surface area contributed by atoms with Crippen LogP contribution in [0.15, 0.2) is 36.0 Å². The van der Waals surface area contributed by atoms with Gasteiger partial charge in [0.1, 0.15) is 6.07 Å². The molecule has 3 nitrogen and oxygen atoms in total. The highest BCUT2D eigenvalue weighted by Gasteiger charge is 2.04. The molecule has 0 amide bonds. The first-order valence-electron chi connectivity index (χ1n) is 5.33. The number of rotatable bonds is 4. The largest absolute Gasteiger partial charge is 0.297 e. The van der Waals surface area contributed by atoms with E-state index in [4.69, 9.17) is 5.26 Å². The highest BCUT2D eigenvalue weighted by Crippen LogP contribution is 2.16. The van der Waals surface area contributed by atoms with E-state index in [-0.39, 0.29) is 0 Å². The first-order chi connectivity index (χ1) is 8.28. The summed E-state index contributed by atoms with van der Waals surface area (Å²) >= 11 is 1.63. The van der Waals surface area contributed by atoms with Crippen molar-refractivity contribution in [3.63, 3.8) is 0 Å². The monoisotopic (exact) mass is 243 g/mol. The molecule has 2 aromatic heterocycles. The molecule has 17 heavy (non-hydrogen) atoms. The molecule has 0 unspecified atom stereocenters. The van der Waals surface area contributed by atoms with Gasteiger partial charge in [-0.3, -0.25) is 9.88 Å². The Morgan fingerprint density at radius 1 is 1.47 bits per heavy atom. The van der Waals surface area contributed by atoms with Crippen molar-refractivity contribution in [2.75, 3.05) is 7.05 Å². The molecule has 86 valence electrons. The van der Waals surface area contributed by atoms with Crippen molar-refractivity contribution in [3.8, 4) is 6.07 Å². The third kappa shape index (κ3) is 3.38. The van der Waals surface area contributed by atoms with Crippen molar-refractivity contribution in [2.45, 2.75) is 13.1 Å². The Kier molecular flexibility index (Phi) is 3.86. The quantitative estimate of drug-likeness (QED) is 0.828. The number of thiophene rings is 1. The number of aromatic nitrogens is 1. The fourth-order valence-electron chi connectivity index (χ4n) is 1.65. The second-order valence-corrected chi connectivity index (χ2v) is 4.94. The van der Waals surface area contributed by atoms with Gasteiger partial charge in [0, 0.05) is 35.7 Å². The van der Waals surface area contributed by atoms with Crippen molar-refractivity contribution in [1.82, 2.24) is 9.88 Å². The van der Waals surface area contributed by atoms with Crippen molar-refractivity contribution in [1.29, 1.82) is 5.26 Å². The molecule has 0 radical (unpaired) electrons. The van der Waals surface area contributed by atoms with Crippen LogP contribution in [0.2, 0.25) is 0 Å². The van der Waals surface area contributed by atoms with E-state index in [9.17, 15) is 0 Å². The molecule has 0 aliphatic carbocycles. The maximum Gasteiger partial charge on any atom is 0.100 e. The van der Waals surface area contributed by atoms with E-state index >= 15 is 0 Å². The molecular formula is C13H13N3S. The first kappa shape index (κ1) is 11.8. The van der Waals surface area contributed by atoms with Crippen LogP contribution in [0, 0.1) is 11.3 Å². The van der Waals surface area contributed by atoms with Gasteiger partial charge in [-0.05, 0) is 24.7 Å². The van der Waals surface area contributed by atoms with E-state index < -0.39 is 0 Å². The average Bonchev–Trinajstić information content (AvgIpc) is 2.78. The summed E-state index contributed by atoms with van der Waals surface area (Å²) in [5, 5.41) is 10.7. The first-order valence-corrected chi connectivity index (χ1v) is 6.21.